The van der Waals surface area contributed by atoms with Gasteiger partial charge in [0.15, 0.2) is 0 Å². The van der Waals surface area contributed by atoms with Gasteiger partial charge in [-0.2, -0.15) is 0 Å². The minimum Gasteiger partial charge on any atom is -0.459 e. The molecule has 4 nitrogen and oxygen atoms in total. The Kier molecular flexibility index (Phi) is 4.77. The average molecular weight is 342 g/mol. The van der Waals surface area contributed by atoms with E-state index in [9.17, 15) is 9.59 Å². The summed E-state index contributed by atoms with van der Waals surface area (Å²) < 4.78 is 11.6. The predicted octanol–water partition coefficient (Wildman–Crippen LogP) is 3.71. The van der Waals surface area contributed by atoms with Gasteiger partial charge in [0.2, 0.25) is 0 Å². The van der Waals surface area contributed by atoms with Gasteiger partial charge in [0.25, 0.3) is 0 Å². The Hall–Kier alpha value is -2.02. The largest absolute Gasteiger partial charge is 0.459 e. The summed E-state index contributed by atoms with van der Waals surface area (Å²) in [6, 6.07) is 0. The van der Waals surface area contributed by atoms with Crippen LogP contribution < -0.4 is 0 Å². The number of rotatable bonds is 4. The summed E-state index contributed by atoms with van der Waals surface area (Å²) >= 11 is 0. The zero-order chi connectivity index (χ0) is 18.2. The molecule has 2 aliphatic carbocycles. The SMILES string of the molecule is C#CCCCC(=O)O[C@]1(C)CCC2=C(C)CC[C@H]3C(=C)C(=O)O[C@@H]3[C@H]21. The summed E-state index contributed by atoms with van der Waals surface area (Å²) in [6.07, 6.45) is 9.97. The molecule has 0 spiro atoms. The fraction of sp³-hybridized carbons (Fsp3) is 0.619. The highest BCUT2D eigenvalue weighted by Gasteiger charge is 2.56. The van der Waals surface area contributed by atoms with E-state index < -0.39 is 5.60 Å². The van der Waals surface area contributed by atoms with Gasteiger partial charge in [0.05, 0.1) is 5.92 Å². The van der Waals surface area contributed by atoms with Crippen molar-refractivity contribution < 1.29 is 19.1 Å². The van der Waals surface area contributed by atoms with Gasteiger partial charge in [-0.3, -0.25) is 4.79 Å². The molecule has 4 atom stereocenters. The highest BCUT2D eigenvalue weighted by Crippen LogP contribution is 2.53. The first-order valence-electron chi connectivity index (χ1n) is 9.11. The Balaban J connectivity index is 1.85. The molecule has 1 saturated carbocycles. The van der Waals surface area contributed by atoms with Crippen LogP contribution in [0, 0.1) is 24.2 Å². The molecule has 0 bridgehead atoms. The van der Waals surface area contributed by atoms with Gasteiger partial charge in [0, 0.05) is 24.3 Å². The van der Waals surface area contributed by atoms with Crippen molar-refractivity contribution in [1.29, 1.82) is 0 Å². The highest BCUT2D eigenvalue weighted by molar-refractivity contribution is 5.91. The molecule has 4 heteroatoms. The first-order valence-corrected chi connectivity index (χ1v) is 9.11. The van der Waals surface area contributed by atoms with Crippen LogP contribution in [0.1, 0.15) is 58.8 Å². The summed E-state index contributed by atoms with van der Waals surface area (Å²) in [5, 5.41) is 0. The second-order valence-electron chi connectivity index (χ2n) is 7.67. The molecule has 2 fully saturated rings. The van der Waals surface area contributed by atoms with Crippen LogP contribution in [-0.4, -0.2) is 23.6 Å². The number of fused-ring (bicyclic) bond motifs is 3. The number of carbonyl (C=O) groups is 2. The third-order valence-electron chi connectivity index (χ3n) is 6.03. The lowest BCUT2D eigenvalue weighted by Gasteiger charge is -2.36. The first kappa shape index (κ1) is 17.8. The smallest absolute Gasteiger partial charge is 0.334 e. The van der Waals surface area contributed by atoms with Crippen molar-refractivity contribution in [2.45, 2.75) is 70.5 Å². The average Bonchev–Trinajstić information content (AvgIpc) is 2.97. The second-order valence-corrected chi connectivity index (χ2v) is 7.67. The van der Waals surface area contributed by atoms with Crippen LogP contribution in [0.2, 0.25) is 0 Å². The van der Waals surface area contributed by atoms with Crippen LogP contribution >= 0.6 is 0 Å². The van der Waals surface area contributed by atoms with Gasteiger partial charge in [-0.1, -0.05) is 17.7 Å². The number of carbonyl (C=O) groups excluding carboxylic acids is 2. The molecule has 0 aromatic carbocycles. The van der Waals surface area contributed by atoms with E-state index in [-0.39, 0.29) is 29.9 Å². The number of unbranched alkanes of at least 4 members (excludes halogenated alkanes) is 1. The zero-order valence-corrected chi connectivity index (χ0v) is 15.1. The number of hydrogen-bond acceptors (Lipinski definition) is 4. The van der Waals surface area contributed by atoms with E-state index in [2.05, 4.69) is 19.4 Å². The monoisotopic (exact) mass is 342 g/mol. The van der Waals surface area contributed by atoms with Crippen LogP contribution in [0.4, 0.5) is 0 Å². The summed E-state index contributed by atoms with van der Waals surface area (Å²) in [4.78, 5) is 24.4. The Morgan fingerprint density at radius 2 is 2.24 bits per heavy atom. The van der Waals surface area contributed by atoms with Crippen molar-refractivity contribution in [3.05, 3.63) is 23.3 Å². The van der Waals surface area contributed by atoms with E-state index >= 15 is 0 Å². The van der Waals surface area contributed by atoms with Gasteiger partial charge < -0.3 is 9.47 Å². The van der Waals surface area contributed by atoms with Gasteiger partial charge in [-0.15, -0.1) is 12.3 Å². The zero-order valence-electron chi connectivity index (χ0n) is 15.1. The highest BCUT2D eigenvalue weighted by atomic mass is 16.6. The maximum absolute atomic E-state index is 12.3. The minimum absolute atomic E-state index is 0.0162. The lowest BCUT2D eigenvalue weighted by atomic mass is 9.79. The van der Waals surface area contributed by atoms with Crippen molar-refractivity contribution in [3.8, 4) is 12.3 Å². The normalized spacial score (nSPS) is 34.0. The molecule has 134 valence electrons. The van der Waals surface area contributed by atoms with Gasteiger partial charge in [0.1, 0.15) is 11.7 Å². The lowest BCUT2D eigenvalue weighted by Crippen LogP contribution is -2.44. The maximum Gasteiger partial charge on any atom is 0.334 e. The van der Waals surface area contributed by atoms with Crippen molar-refractivity contribution >= 4 is 11.9 Å². The first-order chi connectivity index (χ1) is 11.9. The summed E-state index contributed by atoms with van der Waals surface area (Å²) in [5.74, 6) is 1.97. The van der Waals surface area contributed by atoms with Crippen molar-refractivity contribution in [3.63, 3.8) is 0 Å². The Bertz CT molecular complexity index is 680. The number of hydrogen-bond donors (Lipinski definition) is 0. The number of ether oxygens (including phenoxy) is 2. The number of allylic oxidation sites excluding steroid dienone is 1. The molecule has 0 unspecified atom stereocenters. The quantitative estimate of drug-likeness (QED) is 0.257. The third kappa shape index (κ3) is 3.13. The fourth-order valence-electron chi connectivity index (χ4n) is 4.65. The summed E-state index contributed by atoms with van der Waals surface area (Å²) in [5.41, 5.74) is 2.57. The van der Waals surface area contributed by atoms with E-state index in [1.54, 1.807) is 0 Å². The Morgan fingerprint density at radius 3 is 2.96 bits per heavy atom. The molecule has 1 heterocycles. The van der Waals surface area contributed by atoms with Crippen LogP contribution in [0.25, 0.3) is 0 Å². The van der Waals surface area contributed by atoms with E-state index in [1.807, 2.05) is 6.92 Å². The molecule has 0 aromatic heterocycles. The van der Waals surface area contributed by atoms with Crippen molar-refractivity contribution in [1.82, 2.24) is 0 Å². The van der Waals surface area contributed by atoms with Crippen molar-refractivity contribution in [2.75, 3.05) is 0 Å². The molecular weight excluding hydrogens is 316 g/mol. The van der Waals surface area contributed by atoms with E-state index in [4.69, 9.17) is 15.9 Å². The summed E-state index contributed by atoms with van der Waals surface area (Å²) in [7, 11) is 0. The molecule has 0 radical (unpaired) electrons. The maximum atomic E-state index is 12.3. The molecule has 0 amide bonds. The minimum atomic E-state index is -0.637. The molecule has 0 aromatic rings. The topological polar surface area (TPSA) is 52.6 Å². The van der Waals surface area contributed by atoms with Crippen LogP contribution in [0.5, 0.6) is 0 Å². The molecule has 25 heavy (non-hydrogen) atoms. The molecule has 3 rings (SSSR count). The molecular formula is C21H26O4. The van der Waals surface area contributed by atoms with Crippen LogP contribution in [0.15, 0.2) is 23.3 Å². The van der Waals surface area contributed by atoms with E-state index in [0.29, 0.717) is 24.8 Å². The second kappa shape index (κ2) is 6.71. The Labute approximate surface area is 149 Å². The number of esters is 2. The Morgan fingerprint density at radius 1 is 1.48 bits per heavy atom. The van der Waals surface area contributed by atoms with Crippen LogP contribution in [-0.2, 0) is 19.1 Å². The predicted molar refractivity (Wildman–Crippen MR) is 94.3 cm³/mol. The fourth-order valence-corrected chi connectivity index (χ4v) is 4.65. The third-order valence-corrected chi connectivity index (χ3v) is 6.03. The van der Waals surface area contributed by atoms with Gasteiger partial charge in [-0.25, -0.2) is 4.79 Å². The van der Waals surface area contributed by atoms with Gasteiger partial charge in [-0.05, 0) is 46.0 Å². The van der Waals surface area contributed by atoms with E-state index in [0.717, 1.165) is 25.7 Å². The summed E-state index contributed by atoms with van der Waals surface area (Å²) in [6.45, 7) is 8.07. The molecule has 0 N–H and O–H groups in total. The van der Waals surface area contributed by atoms with Crippen LogP contribution in [0.3, 0.4) is 0 Å². The van der Waals surface area contributed by atoms with E-state index in [1.165, 1.54) is 11.1 Å². The van der Waals surface area contributed by atoms with Gasteiger partial charge >= 0.3 is 11.9 Å². The lowest BCUT2D eigenvalue weighted by molar-refractivity contribution is -0.167. The standard InChI is InChI=1S/C21H26O4/c1-5-6-7-8-17(22)25-21(4)12-11-15-13(2)9-10-16-14(3)20(23)24-19(16)18(15)21/h1,16,18-19H,3,6-12H2,2,4H3/t16-,18-,19-,21+/m0/s1. The molecule has 1 aliphatic heterocycles. The number of terminal acetylenes is 1. The van der Waals surface area contributed by atoms with Crippen molar-refractivity contribution in [2.24, 2.45) is 11.8 Å². The molecule has 3 aliphatic rings. The molecule has 1 saturated heterocycles.